The third-order valence-corrected chi connectivity index (χ3v) is 5.31. The van der Waals surface area contributed by atoms with Crippen LogP contribution in [0.1, 0.15) is 61.6 Å². The van der Waals surface area contributed by atoms with E-state index in [1.54, 1.807) is 0 Å². The zero-order chi connectivity index (χ0) is 19.7. The monoisotopic (exact) mass is 382 g/mol. The van der Waals surface area contributed by atoms with Gasteiger partial charge in [0.2, 0.25) is 5.66 Å². The zero-order valence-corrected chi connectivity index (χ0v) is 15.2. The van der Waals surface area contributed by atoms with E-state index in [9.17, 15) is 18.0 Å². The van der Waals surface area contributed by atoms with Crippen molar-refractivity contribution in [3.05, 3.63) is 34.9 Å². The van der Waals surface area contributed by atoms with Gasteiger partial charge in [0.25, 0.3) is 0 Å². The summed E-state index contributed by atoms with van der Waals surface area (Å²) in [7, 11) is 1.25. The number of carbonyl (C=O) groups excluding carboxylic acids is 1. The molecule has 1 saturated carbocycles. The summed E-state index contributed by atoms with van der Waals surface area (Å²) in [5.41, 5.74) is -2.26. The first kappa shape index (κ1) is 19.4. The molecule has 1 aliphatic heterocycles. The van der Waals surface area contributed by atoms with E-state index in [0.717, 1.165) is 31.7 Å². The van der Waals surface area contributed by atoms with Crippen LogP contribution in [0.25, 0.3) is 0 Å². The van der Waals surface area contributed by atoms with Gasteiger partial charge in [-0.15, -0.1) is 10.2 Å². The Bertz CT molecular complexity index is 758. The highest BCUT2D eigenvalue weighted by Crippen LogP contribution is 2.43. The molecule has 146 valence electrons. The average Bonchev–Trinajstić information content (AvgIpc) is 3.30. The molecule has 1 unspecified atom stereocenters. The summed E-state index contributed by atoms with van der Waals surface area (Å²) in [6.07, 6.45) is -0.0115. The van der Waals surface area contributed by atoms with Crippen LogP contribution in [0.15, 0.2) is 38.9 Å². The van der Waals surface area contributed by atoms with E-state index in [2.05, 4.69) is 20.7 Å². The molecule has 0 N–H and O–H groups in total. The fraction of sp³-hybridized carbons (Fsp3) is 0.611. The molecule has 1 aromatic rings. The van der Waals surface area contributed by atoms with Crippen LogP contribution in [-0.4, -0.2) is 13.1 Å². The van der Waals surface area contributed by atoms with Gasteiger partial charge in [-0.1, -0.05) is 37.8 Å². The van der Waals surface area contributed by atoms with Crippen LogP contribution in [0.2, 0.25) is 0 Å². The van der Waals surface area contributed by atoms with Gasteiger partial charge in [-0.3, -0.25) is 4.79 Å². The minimum Gasteiger partial charge on any atom is -0.469 e. The molecule has 6 nitrogen and oxygen atoms in total. The first-order chi connectivity index (χ1) is 12.7. The molecule has 0 radical (unpaired) electrons. The number of benzene rings is 1. The number of carbonyl (C=O) groups is 1. The summed E-state index contributed by atoms with van der Waals surface area (Å²) in [5, 5.41) is 14.1. The number of nitrogens with zero attached hydrogens (tertiary/aromatic N) is 4. The van der Waals surface area contributed by atoms with Gasteiger partial charge in [-0.2, -0.15) is 13.2 Å². The van der Waals surface area contributed by atoms with Crippen molar-refractivity contribution in [1.82, 2.24) is 0 Å². The lowest BCUT2D eigenvalue weighted by Gasteiger charge is -2.24. The van der Waals surface area contributed by atoms with E-state index in [-0.39, 0.29) is 5.56 Å². The van der Waals surface area contributed by atoms with Crippen molar-refractivity contribution >= 4 is 5.97 Å². The second-order valence-electron chi connectivity index (χ2n) is 7.16. The number of methoxy groups -OCH3 is 1. The summed E-state index contributed by atoms with van der Waals surface area (Å²) in [6.45, 7) is 1.41. The second-order valence-corrected chi connectivity index (χ2v) is 7.16. The predicted octanol–water partition coefficient (Wildman–Crippen LogP) is 5.55. The molecule has 1 atom stereocenters. The molecular formula is C18H21F3N4O2. The number of hydrogen-bond acceptors (Lipinski definition) is 6. The van der Waals surface area contributed by atoms with Crippen LogP contribution in [0, 0.1) is 5.92 Å². The lowest BCUT2D eigenvalue weighted by Crippen LogP contribution is -2.23. The fourth-order valence-corrected chi connectivity index (χ4v) is 3.86. The highest BCUT2D eigenvalue weighted by atomic mass is 19.4. The quantitative estimate of drug-likeness (QED) is 0.626. The summed E-state index contributed by atoms with van der Waals surface area (Å²) >= 11 is 0. The number of esters is 1. The van der Waals surface area contributed by atoms with Crippen molar-refractivity contribution in [2.45, 2.75) is 56.8 Å². The molecule has 27 heavy (non-hydrogen) atoms. The van der Waals surface area contributed by atoms with Crippen LogP contribution in [-0.2, 0) is 21.4 Å². The molecule has 3 rings (SSSR count). The molecule has 1 aliphatic carbocycles. The minimum atomic E-state index is -4.63. The van der Waals surface area contributed by atoms with E-state index in [4.69, 9.17) is 4.74 Å². The Morgan fingerprint density at radius 3 is 2.44 bits per heavy atom. The Labute approximate surface area is 154 Å². The second kappa shape index (κ2) is 7.36. The zero-order valence-electron chi connectivity index (χ0n) is 15.2. The lowest BCUT2D eigenvalue weighted by molar-refractivity contribution is -0.143. The molecule has 0 spiro atoms. The van der Waals surface area contributed by atoms with E-state index in [1.165, 1.54) is 26.2 Å². The Balaban J connectivity index is 2.02. The fourth-order valence-electron chi connectivity index (χ4n) is 3.86. The van der Waals surface area contributed by atoms with Crippen molar-refractivity contribution in [2.24, 2.45) is 26.6 Å². The van der Waals surface area contributed by atoms with Crippen LogP contribution in [0.5, 0.6) is 0 Å². The number of hydrogen-bond donors (Lipinski definition) is 0. The van der Waals surface area contributed by atoms with Gasteiger partial charge in [0.1, 0.15) is 0 Å². The third kappa shape index (κ3) is 4.01. The molecule has 0 saturated heterocycles. The van der Waals surface area contributed by atoms with Gasteiger partial charge in [-0.05, 0) is 41.3 Å². The molecular weight excluding hydrogens is 361 g/mol. The van der Waals surface area contributed by atoms with Gasteiger partial charge in [0, 0.05) is 5.56 Å². The van der Waals surface area contributed by atoms with Crippen molar-refractivity contribution in [3.63, 3.8) is 0 Å². The third-order valence-electron chi connectivity index (χ3n) is 5.31. The molecule has 2 aliphatic rings. The van der Waals surface area contributed by atoms with Gasteiger partial charge >= 0.3 is 12.1 Å². The number of ether oxygens (including phenoxy) is 1. The summed E-state index contributed by atoms with van der Waals surface area (Å²) in [6, 6.07) is 3.85. The Morgan fingerprint density at radius 2 is 1.89 bits per heavy atom. The van der Waals surface area contributed by atoms with Crippen molar-refractivity contribution in [2.75, 3.05) is 7.11 Å². The van der Waals surface area contributed by atoms with Crippen LogP contribution < -0.4 is 0 Å². The van der Waals surface area contributed by atoms with Gasteiger partial charge in [-0.25, -0.2) is 0 Å². The Kier molecular flexibility index (Phi) is 5.30. The topological polar surface area (TPSA) is 75.7 Å². The van der Waals surface area contributed by atoms with Crippen molar-refractivity contribution in [1.29, 1.82) is 0 Å². The smallest absolute Gasteiger partial charge is 0.416 e. The van der Waals surface area contributed by atoms with Crippen molar-refractivity contribution in [3.8, 4) is 0 Å². The maximum absolute atomic E-state index is 13.7. The summed E-state index contributed by atoms with van der Waals surface area (Å²) in [4.78, 5) is 12.3. The normalized spacial score (nSPS) is 20.2. The van der Waals surface area contributed by atoms with Crippen LogP contribution in [0.3, 0.4) is 0 Å². The van der Waals surface area contributed by atoms with Crippen LogP contribution in [0.4, 0.5) is 13.2 Å². The highest BCUT2D eigenvalue weighted by molar-refractivity contribution is 5.78. The van der Waals surface area contributed by atoms with E-state index < -0.39 is 29.3 Å². The first-order valence-corrected chi connectivity index (χ1v) is 8.88. The van der Waals surface area contributed by atoms with Gasteiger partial charge in [0.15, 0.2) is 0 Å². The highest BCUT2D eigenvalue weighted by Gasteiger charge is 2.42. The molecule has 0 aromatic heterocycles. The number of halogens is 3. The minimum absolute atomic E-state index is 0.145. The van der Waals surface area contributed by atoms with Crippen molar-refractivity contribution < 1.29 is 22.7 Å². The molecule has 0 amide bonds. The lowest BCUT2D eigenvalue weighted by atomic mass is 9.85. The largest absolute Gasteiger partial charge is 0.469 e. The first-order valence-electron chi connectivity index (χ1n) is 8.88. The number of alkyl halides is 3. The molecule has 1 fully saturated rings. The van der Waals surface area contributed by atoms with Crippen LogP contribution >= 0.6 is 0 Å². The molecule has 1 aromatic carbocycles. The van der Waals surface area contributed by atoms with Gasteiger partial charge in [0.05, 0.1) is 18.6 Å². The van der Waals surface area contributed by atoms with E-state index in [1.807, 2.05) is 0 Å². The number of rotatable bonds is 5. The maximum atomic E-state index is 13.7. The summed E-state index contributed by atoms with van der Waals surface area (Å²) in [5.74, 6) is -0.930. The Hall–Kier alpha value is -2.32. The predicted molar refractivity (Wildman–Crippen MR) is 89.8 cm³/mol. The molecule has 0 bridgehead atoms. The molecule has 9 heteroatoms. The SMILES string of the molecule is COC(=O)C(CC1CCCC1)c1ccc(C2(C)N=NN=N2)c(C(F)(F)F)c1. The Morgan fingerprint density at radius 1 is 1.26 bits per heavy atom. The van der Waals surface area contributed by atoms with Gasteiger partial charge < -0.3 is 4.74 Å². The average molecular weight is 382 g/mol. The van der Waals surface area contributed by atoms with E-state index in [0.29, 0.717) is 17.9 Å². The summed E-state index contributed by atoms with van der Waals surface area (Å²) < 4.78 is 46.1. The standard InChI is InChI=1S/C18H21F3N4O2/c1-17(22-24-25-23-17)14-8-7-12(10-15(14)18(19,20)21)13(16(26)27-2)9-11-5-3-4-6-11/h7-8,10-11,13H,3-6,9H2,1-2H3. The van der Waals surface area contributed by atoms with E-state index >= 15 is 0 Å². The molecule has 1 heterocycles. The maximum Gasteiger partial charge on any atom is 0.416 e.